The van der Waals surface area contributed by atoms with E-state index in [9.17, 15) is 0 Å². The molecule has 1 aliphatic rings. The first kappa shape index (κ1) is 7.47. The Morgan fingerprint density at radius 1 is 1.67 bits per heavy atom. The van der Waals surface area contributed by atoms with Crippen molar-refractivity contribution in [3.63, 3.8) is 0 Å². The molecule has 0 bridgehead atoms. The van der Waals surface area contributed by atoms with E-state index >= 15 is 0 Å². The molecule has 0 aromatic heterocycles. The summed E-state index contributed by atoms with van der Waals surface area (Å²) in [5, 5.41) is 0. The van der Waals surface area contributed by atoms with Gasteiger partial charge in [-0.05, 0) is 0 Å². The zero-order valence-electron chi connectivity index (χ0n) is 5.99. The van der Waals surface area contributed by atoms with Crippen LogP contribution in [0.15, 0.2) is 20.5 Å². The van der Waals surface area contributed by atoms with E-state index in [1.54, 1.807) is 39.1 Å². The summed E-state index contributed by atoms with van der Waals surface area (Å²) in [6.07, 6.45) is 4.82. The van der Waals surface area contributed by atoms with Crippen LogP contribution < -0.4 is 0 Å². The fraction of sp³-hybridized carbons (Fsp3) is 0.500. The van der Waals surface area contributed by atoms with Gasteiger partial charge in [0.05, 0.1) is 0 Å². The third-order valence-electron chi connectivity index (χ3n) is 1.91. The summed E-state index contributed by atoms with van der Waals surface area (Å²) in [6.45, 7) is 4.48. The fourth-order valence-corrected chi connectivity index (χ4v) is 1.82. The molecule has 0 amide bonds. The minimum atomic E-state index is 1.23. The van der Waals surface area contributed by atoms with E-state index in [4.69, 9.17) is 0 Å². The van der Waals surface area contributed by atoms with Crippen LogP contribution in [0.1, 0.15) is 26.7 Å². The first-order valence-corrected chi connectivity index (χ1v) is 4.59. The van der Waals surface area contributed by atoms with Crippen molar-refractivity contribution < 1.29 is 24.7 Å². The average molecular weight is 198 g/mol. The Labute approximate surface area is 71.9 Å². The van der Waals surface area contributed by atoms with Crippen molar-refractivity contribution in [2.75, 3.05) is 0 Å². The van der Waals surface area contributed by atoms with Gasteiger partial charge in [0.2, 0.25) is 0 Å². The zero-order valence-corrected chi connectivity index (χ0v) is 8.45. The second-order valence-electron chi connectivity index (χ2n) is 2.40. The van der Waals surface area contributed by atoms with E-state index in [0.717, 1.165) is 0 Å². The zero-order chi connectivity index (χ0) is 6.85. The van der Waals surface area contributed by atoms with Crippen molar-refractivity contribution in [3.8, 4) is 0 Å². The van der Waals surface area contributed by atoms with Gasteiger partial charge in [-0.3, -0.25) is 0 Å². The predicted molar refractivity (Wildman–Crippen MR) is 35.7 cm³/mol. The van der Waals surface area contributed by atoms with Gasteiger partial charge in [-0.25, -0.2) is 0 Å². The van der Waals surface area contributed by atoms with Gasteiger partial charge < -0.3 is 0 Å². The third kappa shape index (κ3) is 1.43. The molecule has 47 valence electrons. The summed E-state index contributed by atoms with van der Waals surface area (Å²) in [4.78, 5) is 0. The van der Waals surface area contributed by atoms with E-state index < -0.39 is 0 Å². The van der Waals surface area contributed by atoms with Crippen LogP contribution in [0.25, 0.3) is 0 Å². The summed E-state index contributed by atoms with van der Waals surface area (Å²) in [5.74, 6) is 0. The maximum absolute atomic E-state index is 2.35. The molecule has 0 fully saturated rings. The van der Waals surface area contributed by atoms with Crippen LogP contribution in [-0.4, -0.2) is 0 Å². The van der Waals surface area contributed by atoms with Crippen molar-refractivity contribution in [2.45, 2.75) is 26.7 Å². The van der Waals surface area contributed by atoms with Crippen LogP contribution in [-0.2, 0) is 24.7 Å². The van der Waals surface area contributed by atoms with Gasteiger partial charge in [-0.2, -0.15) is 0 Å². The normalized spacial score (nSPS) is 18.6. The van der Waals surface area contributed by atoms with Gasteiger partial charge in [0.15, 0.2) is 0 Å². The molecule has 0 aromatic rings. The summed E-state index contributed by atoms with van der Waals surface area (Å²) in [5.41, 5.74) is 3.21. The molecule has 9 heavy (non-hydrogen) atoms. The summed E-state index contributed by atoms with van der Waals surface area (Å²) >= 11 is 1.57. The Hall–Kier alpha value is 0.363. The topological polar surface area (TPSA) is 0 Å². The van der Waals surface area contributed by atoms with Crippen LogP contribution in [0.4, 0.5) is 0 Å². The number of hydrogen-bond donors (Lipinski definition) is 0. The molecule has 0 N–H and O–H groups in total. The number of allylic oxidation sites excluding steroid dienone is 4. The number of rotatable bonds is 1. The summed E-state index contributed by atoms with van der Waals surface area (Å²) < 4.78 is 1.57. The van der Waals surface area contributed by atoms with Gasteiger partial charge in [0.25, 0.3) is 0 Å². The summed E-state index contributed by atoms with van der Waals surface area (Å²) in [6, 6.07) is 0. The Kier molecular flexibility index (Phi) is 2.46. The van der Waals surface area contributed by atoms with Gasteiger partial charge in [0, 0.05) is 0 Å². The van der Waals surface area contributed by atoms with Crippen molar-refractivity contribution >= 4 is 0 Å². The minimum absolute atomic E-state index is 1.23. The first-order chi connectivity index (χ1) is 4.25. The predicted octanol–water partition coefficient (Wildman–Crippen LogP) is 2.55. The van der Waals surface area contributed by atoms with Crippen LogP contribution in [0.3, 0.4) is 0 Å². The van der Waals surface area contributed by atoms with Crippen LogP contribution in [0, 0.1) is 0 Å². The Morgan fingerprint density at radius 2 is 2.33 bits per heavy atom. The molecule has 1 heteroatoms. The van der Waals surface area contributed by atoms with E-state index in [1.807, 2.05) is 0 Å². The van der Waals surface area contributed by atoms with Crippen LogP contribution in [0.5, 0.6) is 0 Å². The Morgan fingerprint density at radius 3 is 2.56 bits per heavy atom. The average Bonchev–Trinajstić information content (AvgIpc) is 2.15. The van der Waals surface area contributed by atoms with Gasteiger partial charge >= 0.3 is 71.9 Å². The van der Waals surface area contributed by atoms with Crippen molar-refractivity contribution in [2.24, 2.45) is 0 Å². The second-order valence-corrected chi connectivity index (χ2v) is 3.73. The van der Waals surface area contributed by atoms with Crippen LogP contribution >= 0.6 is 0 Å². The van der Waals surface area contributed by atoms with E-state index in [1.165, 1.54) is 12.8 Å². The van der Waals surface area contributed by atoms with Gasteiger partial charge in [-0.15, -0.1) is 0 Å². The molecular formula is C8H11Zr. The van der Waals surface area contributed by atoms with E-state index in [-0.39, 0.29) is 0 Å². The second kappa shape index (κ2) is 2.97. The molecule has 0 spiro atoms. The first-order valence-electron chi connectivity index (χ1n) is 3.36. The monoisotopic (exact) mass is 197 g/mol. The Bertz CT molecular complexity index is 175. The molecule has 0 aromatic carbocycles. The molecule has 0 saturated carbocycles. The van der Waals surface area contributed by atoms with Crippen molar-refractivity contribution in [1.29, 1.82) is 0 Å². The molecule has 0 heterocycles. The third-order valence-corrected chi connectivity index (χ3v) is 3.34. The molecule has 0 aliphatic heterocycles. The maximum atomic E-state index is 2.35. The Balaban J connectivity index is 2.79. The van der Waals surface area contributed by atoms with Gasteiger partial charge in [-0.1, -0.05) is 0 Å². The molecule has 1 rings (SSSR count). The molecule has 0 radical (unpaired) electrons. The number of hydrogen-bond acceptors (Lipinski definition) is 0. The molecule has 0 unspecified atom stereocenters. The van der Waals surface area contributed by atoms with Crippen molar-refractivity contribution in [1.82, 2.24) is 0 Å². The standard InChI is InChI=1S/C8H11.Zr/c1-3-8-6-4-5-7(8)2;/h4H,3,6H2,1-2H3;. The van der Waals surface area contributed by atoms with Crippen molar-refractivity contribution in [3.05, 3.63) is 20.5 Å². The molecule has 0 atom stereocenters. The molecule has 0 saturated heterocycles. The van der Waals surface area contributed by atoms with Gasteiger partial charge in [0.1, 0.15) is 0 Å². The SMILES string of the molecule is CCC1=C(C)[C]([Zr])=CC1. The molecule has 1 aliphatic carbocycles. The molecular weight excluding hydrogens is 187 g/mol. The molecule has 0 nitrogen and oxygen atoms in total. The van der Waals surface area contributed by atoms with Crippen LogP contribution in [0.2, 0.25) is 0 Å². The van der Waals surface area contributed by atoms with E-state index in [0.29, 0.717) is 0 Å². The van der Waals surface area contributed by atoms with E-state index in [2.05, 4.69) is 19.9 Å². The summed E-state index contributed by atoms with van der Waals surface area (Å²) in [7, 11) is 0. The quantitative estimate of drug-likeness (QED) is 0.607. The fourth-order valence-electron chi connectivity index (χ4n) is 1.13.